The number of fused-ring (bicyclic) bond motifs is 4. The van der Waals surface area contributed by atoms with Crippen LogP contribution in [-0.4, -0.2) is 6.88 Å². The van der Waals surface area contributed by atoms with Crippen molar-refractivity contribution in [3.05, 3.63) is 185 Å². The van der Waals surface area contributed by atoms with E-state index >= 15 is 0 Å². The first-order chi connectivity index (χ1) is 28.6. The van der Waals surface area contributed by atoms with Crippen LogP contribution in [0.4, 0.5) is 0 Å². The molecule has 0 amide bonds. The van der Waals surface area contributed by atoms with Gasteiger partial charge in [0.15, 0.2) is 0 Å². The Bertz CT molecular complexity index is 2790. The molecule has 0 N–H and O–H groups in total. The predicted molar refractivity (Wildman–Crippen MR) is 261 cm³/mol. The van der Waals surface area contributed by atoms with Crippen LogP contribution in [0.2, 0.25) is 12.9 Å². The summed E-state index contributed by atoms with van der Waals surface area (Å²) >= 11 is -5.87. The van der Waals surface area contributed by atoms with E-state index in [1.165, 1.54) is 88.9 Å². The maximum atomic E-state index is 3.05. The SMILES string of the molecule is CCC[CH2][Zr]([CH3])(=[SiH2])([CH2]CCC)([c]1ccccc1)([CH]1C(CC)=Cc2c(-c3cccc4ccccc34)cccc21)[CH]1C(CC)=Cc2c(-c3cccc4ccccc34)cccc21. The van der Waals surface area contributed by atoms with Crippen molar-refractivity contribution in [3.8, 4) is 22.3 Å². The Labute approximate surface area is 349 Å². The van der Waals surface area contributed by atoms with Crippen molar-refractivity contribution in [1.82, 2.24) is 0 Å². The molecule has 2 aliphatic carbocycles. The Morgan fingerprint density at radius 1 is 0.441 bits per heavy atom. The molecule has 2 unspecified atom stereocenters. The van der Waals surface area contributed by atoms with Crippen molar-refractivity contribution >= 4 is 43.8 Å². The summed E-state index contributed by atoms with van der Waals surface area (Å²) in [4.78, 5) is 0. The molecule has 0 saturated heterocycles. The Morgan fingerprint density at radius 2 is 0.831 bits per heavy atom. The third-order valence-electron chi connectivity index (χ3n) is 16.8. The van der Waals surface area contributed by atoms with E-state index in [0.29, 0.717) is 7.25 Å². The first-order valence-electron chi connectivity index (χ1n) is 22.8. The molecule has 0 bridgehead atoms. The zero-order valence-corrected chi connectivity index (χ0v) is 40.0. The fourth-order valence-electron chi connectivity index (χ4n) is 14.2. The summed E-state index contributed by atoms with van der Waals surface area (Å²) in [5.41, 5.74) is 14.8. The minimum atomic E-state index is -5.87. The average molecular weight is 866 g/mol. The van der Waals surface area contributed by atoms with E-state index in [-0.39, 0.29) is 0 Å². The molecule has 59 heavy (non-hydrogen) atoms. The number of benzene rings is 7. The molecule has 0 spiro atoms. The molecular formula is C57H62SiZr. The summed E-state index contributed by atoms with van der Waals surface area (Å²) in [7, 11) is 0. The van der Waals surface area contributed by atoms with Crippen molar-refractivity contribution in [2.24, 2.45) is 0 Å². The van der Waals surface area contributed by atoms with Gasteiger partial charge in [-0.25, -0.2) is 0 Å². The first-order valence-corrected chi connectivity index (χ1v) is 38.7. The Kier molecular flexibility index (Phi) is 9.58. The first kappa shape index (κ1) is 40.1. The number of allylic oxidation sites excluding steroid dienone is 2. The van der Waals surface area contributed by atoms with E-state index in [1.807, 2.05) is 0 Å². The summed E-state index contributed by atoms with van der Waals surface area (Å²) < 4.78 is 7.88. The topological polar surface area (TPSA) is 0 Å². The zero-order chi connectivity index (χ0) is 40.9. The second-order valence-corrected chi connectivity index (χ2v) is 67.7. The van der Waals surface area contributed by atoms with E-state index in [4.69, 9.17) is 0 Å². The summed E-state index contributed by atoms with van der Waals surface area (Å²) in [6.45, 7) is 12.5. The molecule has 298 valence electrons. The number of unbranched alkanes of at least 4 members (excludes halogenated alkanes) is 2. The van der Waals surface area contributed by atoms with Crippen LogP contribution >= 0.6 is 0 Å². The van der Waals surface area contributed by atoms with Gasteiger partial charge in [0.25, 0.3) is 0 Å². The molecular weight excluding hydrogens is 804 g/mol. The van der Waals surface area contributed by atoms with Gasteiger partial charge >= 0.3 is 352 Å². The van der Waals surface area contributed by atoms with Crippen LogP contribution in [-0.2, 0) is 14.4 Å². The van der Waals surface area contributed by atoms with Gasteiger partial charge in [0.1, 0.15) is 0 Å². The van der Waals surface area contributed by atoms with Gasteiger partial charge in [-0.05, 0) is 0 Å². The predicted octanol–water partition coefficient (Wildman–Crippen LogP) is 15.8. The molecule has 0 saturated carbocycles. The van der Waals surface area contributed by atoms with E-state index in [1.54, 1.807) is 25.5 Å². The van der Waals surface area contributed by atoms with Gasteiger partial charge in [-0.2, -0.15) is 0 Å². The van der Waals surface area contributed by atoms with Crippen LogP contribution in [0.15, 0.2) is 163 Å². The van der Waals surface area contributed by atoms with Gasteiger partial charge < -0.3 is 0 Å². The third-order valence-corrected chi connectivity index (χ3v) is 62.1. The van der Waals surface area contributed by atoms with E-state index < -0.39 is 14.4 Å². The molecule has 2 aliphatic rings. The standard InChI is InChI=1S/2C21H17.C6H5.2C4H9.CH3.H2Si.Zr/c2*1-2-15-13-17-9-6-12-20(21(17)14-15)19-11-5-8-16-7-3-4-10-18(16)19;1-2-4-6-5-3-1;2*1-3-4-2;;;/h2*3-14H,2H2,1H3;1-5H;2*1,3-4H2,2H3;1H3;1H2;. The Morgan fingerprint density at radius 3 is 1.27 bits per heavy atom. The molecule has 0 aromatic heterocycles. The number of hydrogen-bond acceptors (Lipinski definition) is 0. The normalized spacial score (nSPS) is 18.0. The van der Waals surface area contributed by atoms with Gasteiger partial charge in [0, 0.05) is 0 Å². The fourth-order valence-corrected chi connectivity index (χ4v) is 61.1. The zero-order valence-electron chi connectivity index (χ0n) is 36.1. The second kappa shape index (κ2) is 14.1. The van der Waals surface area contributed by atoms with Gasteiger partial charge in [-0.3, -0.25) is 0 Å². The van der Waals surface area contributed by atoms with Crippen LogP contribution in [0.1, 0.15) is 95.7 Å². The quantitative estimate of drug-likeness (QED) is 0.101. The Hall–Kier alpha value is -4.36. The summed E-state index contributed by atoms with van der Waals surface area (Å²) in [6, 6.07) is 58.9. The number of rotatable bonds is 13. The molecule has 0 radical (unpaired) electrons. The van der Waals surface area contributed by atoms with Gasteiger partial charge in [-0.15, -0.1) is 0 Å². The number of hydrogen-bond donors (Lipinski definition) is 0. The molecule has 0 heterocycles. The molecule has 0 aliphatic heterocycles. The molecule has 0 nitrogen and oxygen atoms in total. The van der Waals surface area contributed by atoms with E-state index in [2.05, 4.69) is 203 Å². The van der Waals surface area contributed by atoms with Crippen LogP contribution in [0.5, 0.6) is 0 Å². The third kappa shape index (κ3) is 5.47. The second-order valence-electron chi connectivity index (χ2n) is 20.1. The van der Waals surface area contributed by atoms with Crippen molar-refractivity contribution in [3.63, 3.8) is 0 Å². The maximum absolute atomic E-state index is 5.87. The van der Waals surface area contributed by atoms with Crippen molar-refractivity contribution in [2.45, 2.75) is 86.4 Å². The van der Waals surface area contributed by atoms with Crippen LogP contribution in [0.25, 0.3) is 56.0 Å². The molecule has 2 atom stereocenters. The van der Waals surface area contributed by atoms with Crippen LogP contribution in [0, 0.1) is 0 Å². The average Bonchev–Trinajstić information content (AvgIpc) is 3.90. The molecule has 7 aromatic rings. The van der Waals surface area contributed by atoms with Crippen molar-refractivity contribution in [1.29, 1.82) is 0 Å². The van der Waals surface area contributed by atoms with Gasteiger partial charge in [0.05, 0.1) is 0 Å². The molecule has 7 aromatic carbocycles. The Balaban J connectivity index is 1.45. The minimum absolute atomic E-state index is 0.313. The molecule has 2 heteroatoms. The fraction of sp³-hybridized carbons (Fsp3) is 0.263. The summed E-state index contributed by atoms with van der Waals surface area (Å²) in [5, 5.41) is 5.28. The van der Waals surface area contributed by atoms with E-state index in [0.717, 1.165) is 12.8 Å². The van der Waals surface area contributed by atoms with Gasteiger partial charge in [0.2, 0.25) is 0 Å². The monoisotopic (exact) mass is 864 g/mol. The van der Waals surface area contributed by atoms with Crippen molar-refractivity contribution < 1.29 is 14.4 Å². The molecule has 0 fully saturated rings. The summed E-state index contributed by atoms with van der Waals surface area (Å²) in [5.74, 6) is 0. The molecule has 9 rings (SSSR count). The van der Waals surface area contributed by atoms with Crippen LogP contribution < -0.4 is 3.27 Å². The van der Waals surface area contributed by atoms with Crippen molar-refractivity contribution in [2.75, 3.05) is 0 Å². The van der Waals surface area contributed by atoms with E-state index in [9.17, 15) is 0 Å². The summed E-state index contributed by atoms with van der Waals surface area (Å²) in [6.07, 6.45) is 12.3. The van der Waals surface area contributed by atoms with Crippen LogP contribution in [0.3, 0.4) is 0 Å². The van der Waals surface area contributed by atoms with Gasteiger partial charge in [-0.1, -0.05) is 0 Å².